The van der Waals surface area contributed by atoms with Gasteiger partial charge in [0.2, 0.25) is 5.78 Å². The third kappa shape index (κ3) is 4.76. The van der Waals surface area contributed by atoms with Gasteiger partial charge in [0.25, 0.3) is 0 Å². The van der Waals surface area contributed by atoms with E-state index in [1.165, 1.54) is 0 Å². The van der Waals surface area contributed by atoms with E-state index >= 15 is 0 Å². The molecule has 0 rings (SSSR count). The number of Topliss-reactive ketones (excluding diaryl/α,β-unsaturated/α-hetero) is 1. The van der Waals surface area contributed by atoms with Gasteiger partial charge in [0, 0.05) is 6.42 Å². The molecule has 0 heterocycles. The summed E-state index contributed by atoms with van der Waals surface area (Å²) in [4.78, 5) is 20.3. The number of hydrogen-bond donors (Lipinski definition) is 2. The van der Waals surface area contributed by atoms with Crippen LogP contribution >= 0.6 is 7.68 Å². The Morgan fingerprint density at radius 2 is 1.83 bits per heavy atom. The molecule has 68 valence electrons. The maximum Gasteiger partial charge on any atom is 0.372 e. The van der Waals surface area contributed by atoms with Gasteiger partial charge in [-0.3, -0.25) is 4.79 Å². The Labute approximate surface area is 68.0 Å². The molecule has 0 aromatic rings. The van der Waals surface area contributed by atoms with Crippen molar-refractivity contribution in [3.8, 4) is 0 Å². The Bertz CT molecular complexity index is 247. The van der Waals surface area contributed by atoms with Gasteiger partial charge in [-0.05, 0) is 0 Å². The van der Waals surface area contributed by atoms with E-state index in [4.69, 9.17) is 10.2 Å². The van der Waals surface area contributed by atoms with Gasteiger partial charge in [-0.1, -0.05) is 0 Å². The van der Waals surface area contributed by atoms with E-state index < -0.39 is 38.1 Å². The molecule has 6 nitrogen and oxygen atoms in total. The molecule has 0 fully saturated rings. The minimum Gasteiger partial charge on any atom is -0.475 e. The Morgan fingerprint density at radius 3 is 2.17 bits per heavy atom. The third-order valence-corrected chi connectivity index (χ3v) is 1.74. The molecule has 0 aromatic carbocycles. The molecule has 0 bridgehead atoms. The molecule has 2 N–H and O–H groups in total. The number of ketones is 1. The average Bonchev–Trinajstić information content (AvgIpc) is 1.84. The lowest BCUT2D eigenvalue weighted by Crippen LogP contribution is -2.21. The van der Waals surface area contributed by atoms with Gasteiger partial charge in [-0.15, -0.1) is 0 Å². The zero-order chi connectivity index (χ0) is 9.72. The number of carbonyl (C=O) groups excluding carboxylic acids is 1. The van der Waals surface area contributed by atoms with Gasteiger partial charge < -0.3 is 10.2 Å². The Morgan fingerprint density at radius 1 is 1.33 bits per heavy atom. The fourth-order valence-corrected chi connectivity index (χ4v) is 1.01. The number of carbonyl (C=O) groups is 2. The molecular weight excluding hydrogens is 187 g/mol. The van der Waals surface area contributed by atoms with Crippen molar-refractivity contribution < 1.29 is 28.9 Å². The molecule has 0 amide bonds. The zero-order valence-corrected chi connectivity index (χ0v) is 6.86. The number of aliphatic hydroxyl groups is 1. The van der Waals surface area contributed by atoms with E-state index in [1.54, 1.807) is 0 Å². The third-order valence-electron chi connectivity index (χ3n) is 1.02. The number of aliphatic carboxylic acids is 1. The highest BCUT2D eigenvalue weighted by molar-refractivity contribution is 7.30. The number of hydrogen-bond acceptors (Lipinski definition) is 5. The van der Waals surface area contributed by atoms with Crippen molar-refractivity contribution in [1.82, 2.24) is 0 Å². The van der Waals surface area contributed by atoms with Crippen molar-refractivity contribution in [3.05, 3.63) is 0 Å². The summed E-state index contributed by atoms with van der Waals surface area (Å²) in [5, 5.41) is 16.8. The summed E-state index contributed by atoms with van der Waals surface area (Å²) in [5.41, 5.74) is 0. The van der Waals surface area contributed by atoms with E-state index in [0.717, 1.165) is 0 Å². The summed E-state index contributed by atoms with van der Waals surface area (Å²) >= 11 is 0. The molecule has 0 spiro atoms. The zero-order valence-electron chi connectivity index (χ0n) is 5.97. The standard InChI is InChI=1S/C5H7O6P/c6-3(2-12(10)11)1-4(7)5(8)9/h3,6H,1-2H2,(H,8,9). The summed E-state index contributed by atoms with van der Waals surface area (Å²) in [6.07, 6.45) is -2.68. The van der Waals surface area contributed by atoms with Crippen LogP contribution in [0, 0.1) is 0 Å². The van der Waals surface area contributed by atoms with Crippen LogP contribution in [0.1, 0.15) is 6.42 Å². The molecule has 0 saturated carbocycles. The smallest absolute Gasteiger partial charge is 0.372 e. The first-order chi connectivity index (χ1) is 5.43. The second-order valence-electron chi connectivity index (χ2n) is 2.10. The fourth-order valence-electron chi connectivity index (χ4n) is 0.538. The van der Waals surface area contributed by atoms with Crippen LogP contribution in [0.25, 0.3) is 0 Å². The molecule has 0 radical (unpaired) electrons. The second kappa shape index (κ2) is 4.79. The van der Waals surface area contributed by atoms with E-state index in [1.807, 2.05) is 0 Å². The van der Waals surface area contributed by atoms with Crippen molar-refractivity contribution in [2.24, 2.45) is 0 Å². The van der Waals surface area contributed by atoms with E-state index in [2.05, 4.69) is 0 Å². The molecule has 0 aliphatic rings. The molecule has 12 heavy (non-hydrogen) atoms. The molecule has 0 aromatic heterocycles. The topological polar surface area (TPSA) is 109 Å². The second-order valence-corrected chi connectivity index (χ2v) is 3.13. The average molecular weight is 194 g/mol. The quantitative estimate of drug-likeness (QED) is 0.453. The Kier molecular flexibility index (Phi) is 4.39. The van der Waals surface area contributed by atoms with Crippen LogP contribution in [-0.4, -0.2) is 34.2 Å². The van der Waals surface area contributed by atoms with Crippen molar-refractivity contribution in [2.45, 2.75) is 12.5 Å². The first kappa shape index (κ1) is 11.0. The van der Waals surface area contributed by atoms with Crippen molar-refractivity contribution in [1.29, 1.82) is 0 Å². The minimum atomic E-state index is -2.78. The van der Waals surface area contributed by atoms with E-state index in [9.17, 15) is 18.7 Å². The molecule has 0 aliphatic carbocycles. The van der Waals surface area contributed by atoms with Crippen LogP contribution in [0.15, 0.2) is 0 Å². The molecular formula is C5H7O6P. The van der Waals surface area contributed by atoms with Crippen molar-refractivity contribution in [3.63, 3.8) is 0 Å². The number of aliphatic hydroxyl groups excluding tert-OH is 1. The fraction of sp³-hybridized carbons (Fsp3) is 0.600. The largest absolute Gasteiger partial charge is 0.475 e. The summed E-state index contributed by atoms with van der Waals surface area (Å²) in [7, 11) is -2.78. The summed E-state index contributed by atoms with van der Waals surface area (Å²) in [6, 6.07) is 0. The summed E-state index contributed by atoms with van der Waals surface area (Å²) < 4.78 is 20.0. The molecule has 7 heteroatoms. The van der Waals surface area contributed by atoms with Crippen LogP contribution in [0.5, 0.6) is 0 Å². The van der Waals surface area contributed by atoms with E-state index in [0.29, 0.717) is 0 Å². The van der Waals surface area contributed by atoms with Gasteiger partial charge in [0.15, 0.2) is 0 Å². The first-order valence-electron chi connectivity index (χ1n) is 2.99. The maximum absolute atomic E-state index is 10.4. The number of carboxylic acid groups (broad SMARTS) is 1. The molecule has 0 saturated heterocycles. The SMILES string of the molecule is O=C(O)C(=O)CC(O)CP(=O)=O. The number of rotatable bonds is 5. The highest BCUT2D eigenvalue weighted by atomic mass is 31.1. The monoisotopic (exact) mass is 194 g/mol. The molecule has 0 aliphatic heterocycles. The van der Waals surface area contributed by atoms with Crippen LogP contribution in [0.2, 0.25) is 0 Å². The Hall–Kier alpha value is -1.00. The molecule has 1 unspecified atom stereocenters. The van der Waals surface area contributed by atoms with E-state index in [-0.39, 0.29) is 0 Å². The van der Waals surface area contributed by atoms with Crippen LogP contribution < -0.4 is 0 Å². The lowest BCUT2D eigenvalue weighted by atomic mass is 10.2. The van der Waals surface area contributed by atoms with Gasteiger partial charge in [-0.2, -0.15) is 0 Å². The van der Waals surface area contributed by atoms with Gasteiger partial charge >= 0.3 is 13.6 Å². The van der Waals surface area contributed by atoms with Crippen molar-refractivity contribution in [2.75, 3.05) is 6.16 Å². The highest BCUT2D eigenvalue weighted by Gasteiger charge is 2.18. The maximum atomic E-state index is 10.4. The lowest BCUT2D eigenvalue weighted by molar-refractivity contribution is -0.149. The summed E-state index contributed by atoms with van der Waals surface area (Å²) in [5.74, 6) is -2.87. The normalized spacial score (nSPS) is 12.1. The Balaban J connectivity index is 3.92. The van der Waals surface area contributed by atoms with Crippen LogP contribution in [0.4, 0.5) is 0 Å². The highest BCUT2D eigenvalue weighted by Crippen LogP contribution is 2.07. The van der Waals surface area contributed by atoms with Gasteiger partial charge in [0.1, 0.15) is 0 Å². The van der Waals surface area contributed by atoms with Crippen molar-refractivity contribution >= 4 is 19.4 Å². The van der Waals surface area contributed by atoms with Gasteiger partial charge in [-0.25, -0.2) is 13.9 Å². The summed E-state index contributed by atoms with van der Waals surface area (Å²) in [6.45, 7) is 0. The number of carboxylic acids is 1. The lowest BCUT2D eigenvalue weighted by Gasteiger charge is -2.00. The first-order valence-corrected chi connectivity index (χ1v) is 4.35. The minimum absolute atomic E-state index is 0.589. The molecule has 1 atom stereocenters. The van der Waals surface area contributed by atoms with Gasteiger partial charge in [0.05, 0.1) is 12.3 Å². The van der Waals surface area contributed by atoms with Crippen LogP contribution in [-0.2, 0) is 18.7 Å². The predicted octanol–water partition coefficient (Wildman–Crippen LogP) is -0.436. The van der Waals surface area contributed by atoms with Crippen LogP contribution in [0.3, 0.4) is 0 Å². The predicted molar refractivity (Wildman–Crippen MR) is 36.4 cm³/mol.